The van der Waals surface area contributed by atoms with E-state index in [1.165, 1.54) is 0 Å². The Morgan fingerprint density at radius 1 is 1.00 bits per heavy atom. The fourth-order valence-electron chi connectivity index (χ4n) is 2.88. The number of ether oxygens (including phenoxy) is 4. The Morgan fingerprint density at radius 2 is 1.80 bits per heavy atom. The molecule has 0 aromatic rings. The molecule has 0 amide bonds. The van der Waals surface area contributed by atoms with Crippen molar-refractivity contribution in [2.75, 3.05) is 19.8 Å². The van der Waals surface area contributed by atoms with Crippen molar-refractivity contribution in [2.24, 2.45) is 0 Å². The van der Waals surface area contributed by atoms with Gasteiger partial charge in [-0.25, -0.2) is 0 Å². The Bertz CT molecular complexity index is 321. The van der Waals surface area contributed by atoms with Crippen molar-refractivity contribution >= 4 is 0 Å². The average molecular weight is 292 g/mol. The third-order valence-corrected chi connectivity index (χ3v) is 4.08. The second kappa shape index (κ2) is 5.82. The van der Waals surface area contributed by atoms with Crippen LogP contribution < -0.4 is 0 Å². The Balaban J connectivity index is 1.67. The zero-order chi connectivity index (χ0) is 14.3. The fourth-order valence-corrected chi connectivity index (χ4v) is 2.88. The highest BCUT2D eigenvalue weighted by atomic mass is 16.7. The standard InChI is InChI=1S/C12H20O8/c13-3-6-8(14)9(15)10(16)12(19-6)20-11-5-1-2-17-7(11)4-18-5/h5-16H,1-4H2/t5?,6?,7-,8?,9?,10?,11?,12?/m1/s1. The number of hydrogen-bond acceptors (Lipinski definition) is 8. The van der Waals surface area contributed by atoms with Gasteiger partial charge < -0.3 is 39.4 Å². The first-order chi connectivity index (χ1) is 9.61. The molecule has 20 heavy (non-hydrogen) atoms. The van der Waals surface area contributed by atoms with E-state index in [4.69, 9.17) is 24.1 Å². The van der Waals surface area contributed by atoms with Gasteiger partial charge in [0, 0.05) is 6.61 Å². The van der Waals surface area contributed by atoms with E-state index in [1.807, 2.05) is 0 Å². The normalized spacial score (nSPS) is 52.2. The molecule has 0 spiro atoms. The summed E-state index contributed by atoms with van der Waals surface area (Å²) in [6.45, 7) is 0.548. The lowest BCUT2D eigenvalue weighted by Crippen LogP contribution is -2.60. The van der Waals surface area contributed by atoms with Gasteiger partial charge in [0.25, 0.3) is 0 Å². The lowest BCUT2D eigenvalue weighted by atomic mass is 9.99. The SMILES string of the molecule is OCC1OC(OC2C3CCO[C@@H]2CO3)C(O)C(O)C1O. The van der Waals surface area contributed by atoms with Crippen LogP contribution in [0.5, 0.6) is 0 Å². The van der Waals surface area contributed by atoms with E-state index in [-0.39, 0.29) is 18.3 Å². The van der Waals surface area contributed by atoms with Gasteiger partial charge in [-0.2, -0.15) is 0 Å². The smallest absolute Gasteiger partial charge is 0.187 e. The second-order valence-corrected chi connectivity index (χ2v) is 5.37. The first kappa shape index (κ1) is 14.6. The average Bonchev–Trinajstić information content (AvgIpc) is 2.68. The molecule has 8 nitrogen and oxygen atoms in total. The van der Waals surface area contributed by atoms with Crippen molar-refractivity contribution in [2.45, 2.75) is 55.4 Å². The molecule has 3 rings (SSSR count). The van der Waals surface area contributed by atoms with Crippen molar-refractivity contribution < 1.29 is 39.4 Å². The molecule has 3 saturated heterocycles. The molecule has 0 radical (unpaired) electrons. The highest BCUT2D eigenvalue weighted by molar-refractivity contribution is 4.93. The minimum atomic E-state index is -1.44. The molecule has 3 heterocycles. The van der Waals surface area contributed by atoms with Gasteiger partial charge in [-0.05, 0) is 6.42 Å². The molecule has 0 aromatic carbocycles. The van der Waals surface area contributed by atoms with Crippen molar-refractivity contribution in [3.63, 3.8) is 0 Å². The molecule has 0 saturated carbocycles. The lowest BCUT2D eigenvalue weighted by Gasteiger charge is -2.42. The Kier molecular flexibility index (Phi) is 4.25. The molecule has 3 aliphatic heterocycles. The van der Waals surface area contributed by atoms with E-state index in [0.717, 1.165) is 0 Å². The quantitative estimate of drug-likeness (QED) is 0.446. The summed E-state index contributed by atoms with van der Waals surface area (Å²) in [4.78, 5) is 0. The molecule has 8 atom stereocenters. The second-order valence-electron chi connectivity index (χ2n) is 5.37. The Labute approximate surface area is 115 Å². The predicted octanol–water partition coefficient (Wildman–Crippen LogP) is -2.64. The van der Waals surface area contributed by atoms with E-state index in [9.17, 15) is 15.3 Å². The highest BCUT2D eigenvalue weighted by Gasteiger charge is 2.49. The summed E-state index contributed by atoms with van der Waals surface area (Å²) < 4.78 is 22.0. The summed E-state index contributed by atoms with van der Waals surface area (Å²) >= 11 is 0. The molecule has 4 N–H and O–H groups in total. The summed E-state index contributed by atoms with van der Waals surface area (Å²) in [7, 11) is 0. The van der Waals surface area contributed by atoms with Crippen LogP contribution in [0.3, 0.4) is 0 Å². The maximum absolute atomic E-state index is 9.92. The van der Waals surface area contributed by atoms with E-state index in [1.54, 1.807) is 0 Å². The number of hydrogen-bond donors (Lipinski definition) is 4. The van der Waals surface area contributed by atoms with Crippen LogP contribution in [-0.2, 0) is 18.9 Å². The Hall–Kier alpha value is -0.320. The molecular formula is C12H20O8. The molecule has 0 aromatic heterocycles. The summed E-state index contributed by atoms with van der Waals surface area (Å²) in [5.41, 5.74) is 0. The van der Waals surface area contributed by atoms with E-state index >= 15 is 0 Å². The van der Waals surface area contributed by atoms with Gasteiger partial charge in [0.05, 0.1) is 19.3 Å². The van der Waals surface area contributed by atoms with E-state index in [0.29, 0.717) is 19.6 Å². The predicted molar refractivity (Wildman–Crippen MR) is 62.7 cm³/mol. The van der Waals surface area contributed by atoms with Crippen molar-refractivity contribution in [1.29, 1.82) is 0 Å². The zero-order valence-corrected chi connectivity index (χ0v) is 10.9. The van der Waals surface area contributed by atoms with E-state index < -0.39 is 37.3 Å². The van der Waals surface area contributed by atoms with Crippen molar-refractivity contribution in [1.82, 2.24) is 0 Å². The molecular weight excluding hydrogens is 272 g/mol. The maximum atomic E-state index is 9.92. The summed E-state index contributed by atoms with van der Waals surface area (Å²) in [6, 6.07) is 0. The highest BCUT2D eigenvalue weighted by Crippen LogP contribution is 2.31. The van der Waals surface area contributed by atoms with Crippen LogP contribution in [0.4, 0.5) is 0 Å². The first-order valence-electron chi connectivity index (χ1n) is 6.81. The third kappa shape index (κ3) is 2.46. The minimum Gasteiger partial charge on any atom is -0.394 e. The number of aliphatic hydroxyl groups excluding tert-OH is 4. The zero-order valence-electron chi connectivity index (χ0n) is 10.9. The number of aliphatic hydroxyl groups is 4. The molecule has 3 fully saturated rings. The van der Waals surface area contributed by atoms with Crippen molar-refractivity contribution in [3.8, 4) is 0 Å². The first-order valence-corrected chi connectivity index (χ1v) is 6.81. The summed E-state index contributed by atoms with van der Waals surface area (Å²) in [5.74, 6) is 0. The Morgan fingerprint density at radius 3 is 2.50 bits per heavy atom. The topological polar surface area (TPSA) is 118 Å². The van der Waals surface area contributed by atoms with Gasteiger partial charge >= 0.3 is 0 Å². The van der Waals surface area contributed by atoms with Crippen molar-refractivity contribution in [3.05, 3.63) is 0 Å². The monoisotopic (exact) mass is 292 g/mol. The van der Waals surface area contributed by atoms with Crippen LogP contribution in [0.15, 0.2) is 0 Å². The van der Waals surface area contributed by atoms with Gasteiger partial charge in [-0.1, -0.05) is 0 Å². The van der Waals surface area contributed by atoms with Crippen LogP contribution >= 0.6 is 0 Å². The van der Waals surface area contributed by atoms with Gasteiger partial charge in [-0.3, -0.25) is 0 Å². The van der Waals surface area contributed by atoms with Crippen LogP contribution in [-0.4, -0.2) is 89.3 Å². The van der Waals surface area contributed by atoms with Gasteiger partial charge in [0.15, 0.2) is 6.29 Å². The lowest BCUT2D eigenvalue weighted by molar-refractivity contribution is -0.321. The molecule has 8 heteroatoms. The van der Waals surface area contributed by atoms with Crippen LogP contribution in [0.2, 0.25) is 0 Å². The minimum absolute atomic E-state index is 0.124. The van der Waals surface area contributed by atoms with E-state index in [2.05, 4.69) is 0 Å². The largest absolute Gasteiger partial charge is 0.394 e. The molecule has 7 unspecified atom stereocenters. The molecule has 3 aliphatic rings. The summed E-state index contributed by atoms with van der Waals surface area (Å²) in [5, 5.41) is 38.5. The molecule has 0 aliphatic carbocycles. The fraction of sp³-hybridized carbons (Fsp3) is 1.00. The van der Waals surface area contributed by atoms with Crippen LogP contribution in [0.1, 0.15) is 6.42 Å². The van der Waals surface area contributed by atoms with Gasteiger partial charge in [-0.15, -0.1) is 0 Å². The maximum Gasteiger partial charge on any atom is 0.187 e. The summed E-state index contributed by atoms with van der Waals surface area (Å²) in [6.07, 6.45) is -6.36. The molecule has 116 valence electrons. The number of fused-ring (bicyclic) bond motifs is 2. The van der Waals surface area contributed by atoms with Crippen LogP contribution in [0.25, 0.3) is 0 Å². The molecule has 2 bridgehead atoms. The van der Waals surface area contributed by atoms with Crippen LogP contribution in [0, 0.1) is 0 Å². The van der Waals surface area contributed by atoms with Gasteiger partial charge in [0.1, 0.15) is 36.6 Å². The number of rotatable bonds is 3. The third-order valence-electron chi connectivity index (χ3n) is 4.08. The van der Waals surface area contributed by atoms with Gasteiger partial charge in [0.2, 0.25) is 0 Å².